The molecular formula is C17H18O5. The van der Waals surface area contributed by atoms with Crippen molar-refractivity contribution < 1.29 is 23.5 Å². The van der Waals surface area contributed by atoms with E-state index in [2.05, 4.69) is 0 Å². The van der Waals surface area contributed by atoms with Gasteiger partial charge in [0.05, 0.1) is 12.2 Å². The van der Waals surface area contributed by atoms with Crippen molar-refractivity contribution in [1.29, 1.82) is 0 Å². The third-order valence-electron chi connectivity index (χ3n) is 3.34. The molecule has 5 nitrogen and oxygen atoms in total. The molecule has 2 aromatic rings. The van der Waals surface area contributed by atoms with Crippen LogP contribution in [0.2, 0.25) is 0 Å². The molecule has 0 aliphatic carbocycles. The van der Waals surface area contributed by atoms with E-state index in [4.69, 9.17) is 13.9 Å². The van der Waals surface area contributed by atoms with Gasteiger partial charge in [-0.05, 0) is 52.0 Å². The van der Waals surface area contributed by atoms with E-state index in [0.717, 1.165) is 5.56 Å². The minimum absolute atomic E-state index is 0.313. The molecule has 1 aromatic carbocycles. The lowest BCUT2D eigenvalue weighted by Gasteiger charge is -2.06. The van der Waals surface area contributed by atoms with Crippen molar-refractivity contribution in [3.05, 3.63) is 52.5 Å². The van der Waals surface area contributed by atoms with Crippen molar-refractivity contribution in [1.82, 2.24) is 0 Å². The summed E-state index contributed by atoms with van der Waals surface area (Å²) >= 11 is 0. The highest BCUT2D eigenvalue weighted by Crippen LogP contribution is 2.23. The van der Waals surface area contributed by atoms with Crippen molar-refractivity contribution in [2.75, 3.05) is 6.61 Å². The average molecular weight is 302 g/mol. The van der Waals surface area contributed by atoms with Crippen LogP contribution in [-0.4, -0.2) is 18.5 Å². The third kappa shape index (κ3) is 3.19. The monoisotopic (exact) mass is 302 g/mol. The zero-order chi connectivity index (χ0) is 16.3. The highest BCUT2D eigenvalue weighted by molar-refractivity contribution is 5.94. The molecule has 2 rings (SSSR count). The van der Waals surface area contributed by atoms with E-state index in [1.165, 1.54) is 0 Å². The number of esters is 2. The topological polar surface area (TPSA) is 65.7 Å². The van der Waals surface area contributed by atoms with Crippen LogP contribution in [0.5, 0.6) is 5.75 Å². The predicted molar refractivity (Wildman–Crippen MR) is 80.3 cm³/mol. The molecule has 22 heavy (non-hydrogen) atoms. The second-order valence-corrected chi connectivity index (χ2v) is 4.85. The Balaban J connectivity index is 2.14. The minimum atomic E-state index is -0.476. The maximum absolute atomic E-state index is 12.2. The number of rotatable bonds is 4. The number of aryl methyl sites for hydroxylation is 2. The summed E-state index contributed by atoms with van der Waals surface area (Å²) in [5, 5.41) is 0. The Morgan fingerprint density at radius 2 is 1.64 bits per heavy atom. The molecule has 0 saturated heterocycles. The quantitative estimate of drug-likeness (QED) is 0.637. The molecule has 0 amide bonds. The fourth-order valence-electron chi connectivity index (χ4n) is 2.13. The van der Waals surface area contributed by atoms with Crippen molar-refractivity contribution >= 4 is 11.9 Å². The van der Waals surface area contributed by atoms with E-state index in [-0.39, 0.29) is 0 Å². The van der Waals surface area contributed by atoms with Gasteiger partial charge in [0.1, 0.15) is 22.8 Å². The van der Waals surface area contributed by atoms with Crippen LogP contribution in [0, 0.1) is 20.8 Å². The third-order valence-corrected chi connectivity index (χ3v) is 3.34. The van der Waals surface area contributed by atoms with Gasteiger partial charge in [0.2, 0.25) is 0 Å². The summed E-state index contributed by atoms with van der Waals surface area (Å²) < 4.78 is 15.6. The van der Waals surface area contributed by atoms with Crippen LogP contribution in [0.1, 0.15) is 44.7 Å². The Morgan fingerprint density at radius 3 is 2.14 bits per heavy atom. The Morgan fingerprint density at radius 1 is 1.00 bits per heavy atom. The highest BCUT2D eigenvalue weighted by Gasteiger charge is 2.20. The van der Waals surface area contributed by atoms with Gasteiger partial charge in [-0.2, -0.15) is 0 Å². The van der Waals surface area contributed by atoms with Crippen LogP contribution in [0.3, 0.4) is 0 Å². The average Bonchev–Trinajstić information content (AvgIpc) is 2.73. The molecule has 1 aromatic heterocycles. The smallest absolute Gasteiger partial charge is 0.347 e. The molecule has 0 atom stereocenters. The van der Waals surface area contributed by atoms with Crippen molar-refractivity contribution in [3.8, 4) is 5.75 Å². The Kier molecular flexibility index (Phi) is 4.65. The lowest BCUT2D eigenvalue weighted by atomic mass is 10.1. The highest BCUT2D eigenvalue weighted by atomic mass is 16.5. The van der Waals surface area contributed by atoms with Gasteiger partial charge in [-0.1, -0.05) is 0 Å². The Bertz CT molecular complexity index is 695. The van der Waals surface area contributed by atoms with Gasteiger partial charge < -0.3 is 13.9 Å². The zero-order valence-electron chi connectivity index (χ0n) is 13.1. The molecule has 0 spiro atoms. The number of benzene rings is 1. The molecule has 0 fully saturated rings. The Labute approximate surface area is 128 Å². The predicted octanol–water partition coefficient (Wildman–Crippen LogP) is 3.60. The normalized spacial score (nSPS) is 10.4. The van der Waals surface area contributed by atoms with E-state index in [9.17, 15) is 9.59 Å². The lowest BCUT2D eigenvalue weighted by Crippen LogP contribution is -2.11. The molecular weight excluding hydrogens is 284 g/mol. The van der Waals surface area contributed by atoms with Gasteiger partial charge in [0, 0.05) is 5.56 Å². The SMILES string of the molecule is CCOC(=O)c1ccc(OC(=O)c2c(C)oc(C)c2C)cc1. The van der Waals surface area contributed by atoms with Crippen molar-refractivity contribution in [2.45, 2.75) is 27.7 Å². The summed E-state index contributed by atoms with van der Waals surface area (Å²) in [4.78, 5) is 23.8. The van der Waals surface area contributed by atoms with Gasteiger partial charge >= 0.3 is 11.9 Å². The molecule has 1 heterocycles. The first-order valence-electron chi connectivity index (χ1n) is 7.00. The van der Waals surface area contributed by atoms with Crippen LogP contribution >= 0.6 is 0 Å². The fraction of sp³-hybridized carbons (Fsp3) is 0.294. The number of carbonyl (C=O) groups is 2. The number of ether oxygens (including phenoxy) is 2. The maximum Gasteiger partial charge on any atom is 0.347 e. The molecule has 0 aliphatic rings. The first-order valence-corrected chi connectivity index (χ1v) is 7.00. The summed E-state index contributed by atoms with van der Waals surface area (Å²) in [5.74, 6) is 0.703. The van der Waals surface area contributed by atoms with Crippen molar-refractivity contribution in [2.24, 2.45) is 0 Å². The standard InChI is InChI=1S/C17H18O5/c1-5-20-16(18)13-6-8-14(9-7-13)22-17(19)15-10(2)11(3)21-12(15)4/h6-9H,5H2,1-4H3. The molecule has 116 valence electrons. The van der Waals surface area contributed by atoms with E-state index in [1.807, 2.05) is 6.92 Å². The largest absolute Gasteiger partial charge is 0.465 e. The molecule has 0 radical (unpaired) electrons. The Hall–Kier alpha value is -2.56. The van der Waals surface area contributed by atoms with Gasteiger partial charge in [0.25, 0.3) is 0 Å². The summed E-state index contributed by atoms with van der Waals surface area (Å²) in [6.45, 7) is 7.39. The number of furan rings is 1. The second kappa shape index (κ2) is 6.47. The number of hydrogen-bond acceptors (Lipinski definition) is 5. The van der Waals surface area contributed by atoms with Crippen LogP contribution in [0.4, 0.5) is 0 Å². The second-order valence-electron chi connectivity index (χ2n) is 4.85. The van der Waals surface area contributed by atoms with Crippen molar-refractivity contribution in [3.63, 3.8) is 0 Å². The van der Waals surface area contributed by atoms with Crippen LogP contribution < -0.4 is 4.74 Å². The molecule has 0 aliphatic heterocycles. The zero-order valence-corrected chi connectivity index (χ0v) is 13.1. The summed E-state index contributed by atoms with van der Waals surface area (Å²) in [7, 11) is 0. The number of hydrogen-bond donors (Lipinski definition) is 0. The van der Waals surface area contributed by atoms with Crippen LogP contribution in [0.25, 0.3) is 0 Å². The maximum atomic E-state index is 12.2. The van der Waals surface area contributed by atoms with E-state index in [0.29, 0.717) is 35.0 Å². The van der Waals surface area contributed by atoms with E-state index in [1.54, 1.807) is 45.0 Å². The molecule has 0 saturated carbocycles. The fourth-order valence-corrected chi connectivity index (χ4v) is 2.13. The molecule has 0 unspecified atom stereocenters. The molecule has 5 heteroatoms. The summed E-state index contributed by atoms with van der Waals surface area (Å²) in [6.07, 6.45) is 0. The van der Waals surface area contributed by atoms with E-state index < -0.39 is 11.9 Å². The van der Waals surface area contributed by atoms with Gasteiger partial charge in [-0.15, -0.1) is 0 Å². The first-order chi connectivity index (χ1) is 10.4. The minimum Gasteiger partial charge on any atom is -0.465 e. The van der Waals surface area contributed by atoms with Gasteiger partial charge in [0.15, 0.2) is 0 Å². The van der Waals surface area contributed by atoms with Crippen LogP contribution in [0.15, 0.2) is 28.7 Å². The lowest BCUT2D eigenvalue weighted by molar-refractivity contribution is 0.0526. The first kappa shape index (κ1) is 15.8. The summed E-state index contributed by atoms with van der Waals surface area (Å²) in [5.41, 5.74) is 1.62. The summed E-state index contributed by atoms with van der Waals surface area (Å²) in [6, 6.07) is 6.23. The van der Waals surface area contributed by atoms with E-state index >= 15 is 0 Å². The van der Waals surface area contributed by atoms with Gasteiger partial charge in [-0.25, -0.2) is 9.59 Å². The van der Waals surface area contributed by atoms with Crippen LogP contribution in [-0.2, 0) is 4.74 Å². The number of carbonyl (C=O) groups excluding carboxylic acids is 2. The molecule has 0 bridgehead atoms. The molecule has 0 N–H and O–H groups in total. The van der Waals surface area contributed by atoms with Gasteiger partial charge in [-0.3, -0.25) is 0 Å².